The van der Waals surface area contributed by atoms with E-state index in [0.717, 1.165) is 0 Å². The SMILES string of the molecule is ClC1=C(Cl)C2(Cl)C3C(Cl)C=CC3C1(Cl)C2(Cl)Cl.O. The van der Waals surface area contributed by atoms with Crippen molar-refractivity contribution in [1.29, 1.82) is 0 Å². The van der Waals surface area contributed by atoms with E-state index >= 15 is 0 Å². The Morgan fingerprint density at radius 1 is 0.889 bits per heavy atom. The van der Waals surface area contributed by atoms with Crippen molar-refractivity contribution in [3.63, 3.8) is 0 Å². The van der Waals surface area contributed by atoms with E-state index in [1.165, 1.54) is 0 Å². The van der Waals surface area contributed by atoms with Crippen LogP contribution in [0.25, 0.3) is 0 Å². The summed E-state index contributed by atoms with van der Waals surface area (Å²) in [6.45, 7) is 0. The van der Waals surface area contributed by atoms with Crippen molar-refractivity contribution in [3.05, 3.63) is 22.2 Å². The minimum Gasteiger partial charge on any atom is -0.412 e. The maximum atomic E-state index is 6.57. The van der Waals surface area contributed by atoms with Gasteiger partial charge in [-0.15, -0.1) is 34.8 Å². The molecule has 5 atom stereocenters. The molecule has 0 heterocycles. The number of alkyl halides is 5. The van der Waals surface area contributed by atoms with E-state index in [1.54, 1.807) is 0 Å². The molecule has 0 saturated heterocycles. The van der Waals surface area contributed by atoms with Crippen LogP contribution in [0.2, 0.25) is 0 Å². The summed E-state index contributed by atoms with van der Waals surface area (Å²) in [6, 6.07) is 0. The van der Waals surface area contributed by atoms with Gasteiger partial charge >= 0.3 is 0 Å². The summed E-state index contributed by atoms with van der Waals surface area (Å²) < 4.78 is -1.48. The molecule has 1 saturated carbocycles. The number of allylic oxidation sites excluding steroid dienone is 4. The molecule has 2 bridgehead atoms. The van der Waals surface area contributed by atoms with Crippen LogP contribution in [0.1, 0.15) is 0 Å². The maximum absolute atomic E-state index is 6.57. The second kappa shape index (κ2) is 4.24. The third kappa shape index (κ3) is 1.30. The van der Waals surface area contributed by atoms with Crippen molar-refractivity contribution in [3.8, 4) is 0 Å². The van der Waals surface area contributed by atoms with Crippen LogP contribution in [-0.2, 0) is 0 Å². The first kappa shape index (κ1) is 15.9. The van der Waals surface area contributed by atoms with E-state index < -0.39 is 14.1 Å². The lowest BCUT2D eigenvalue weighted by molar-refractivity contribution is 0.420. The Labute approximate surface area is 139 Å². The second-order valence-electron chi connectivity index (χ2n) is 4.51. The zero-order valence-corrected chi connectivity index (χ0v) is 13.8. The van der Waals surface area contributed by atoms with E-state index in [0.29, 0.717) is 0 Å². The highest BCUT2D eigenvalue weighted by atomic mass is 35.5. The molecule has 3 aliphatic rings. The average Bonchev–Trinajstić information content (AvgIpc) is 2.73. The molecule has 3 rings (SSSR count). The van der Waals surface area contributed by atoms with E-state index in [9.17, 15) is 0 Å². The predicted octanol–water partition coefficient (Wildman–Crippen LogP) is 4.42. The lowest BCUT2D eigenvalue weighted by atomic mass is 9.84. The minimum atomic E-state index is -1.48. The van der Waals surface area contributed by atoms with Crippen LogP contribution < -0.4 is 0 Å². The van der Waals surface area contributed by atoms with Gasteiger partial charge in [0.15, 0.2) is 4.33 Å². The molecule has 3 aliphatic carbocycles. The monoisotopic (exact) mass is 388 g/mol. The fourth-order valence-corrected chi connectivity index (χ4v) is 6.60. The minimum absolute atomic E-state index is 0. The Hall–Kier alpha value is 1.47. The summed E-state index contributed by atoms with van der Waals surface area (Å²) >= 11 is 44.5. The number of hydrogen-bond donors (Lipinski definition) is 0. The van der Waals surface area contributed by atoms with Crippen molar-refractivity contribution in [2.45, 2.75) is 19.5 Å². The molecule has 102 valence electrons. The number of fused-ring (bicyclic) bond motifs is 5. The molecular formula is C10H7Cl7O. The topological polar surface area (TPSA) is 31.5 Å². The standard InChI is InChI=1S/C10H5Cl7.H2O/c11-4-2-1-3-5(4)9(15)7(13)6(12)8(3,14)10(9,16)17;/h1-5H;1H2. The normalized spacial score (nSPS) is 51.6. The highest BCUT2D eigenvalue weighted by molar-refractivity contribution is 6.66. The molecule has 0 spiro atoms. The molecule has 18 heavy (non-hydrogen) atoms. The quantitative estimate of drug-likeness (QED) is 0.433. The van der Waals surface area contributed by atoms with Gasteiger partial charge in [0.2, 0.25) is 0 Å². The molecule has 0 aromatic rings. The molecule has 1 fully saturated rings. The van der Waals surface area contributed by atoms with Gasteiger partial charge in [-0.3, -0.25) is 0 Å². The Morgan fingerprint density at radius 3 is 1.94 bits per heavy atom. The van der Waals surface area contributed by atoms with Crippen molar-refractivity contribution in [1.82, 2.24) is 0 Å². The molecule has 8 heteroatoms. The van der Waals surface area contributed by atoms with Gasteiger partial charge in [-0.2, -0.15) is 0 Å². The van der Waals surface area contributed by atoms with Crippen LogP contribution in [-0.4, -0.2) is 24.9 Å². The summed E-state index contributed by atoms with van der Waals surface area (Å²) in [5, 5.41) is 0.113. The fourth-order valence-electron chi connectivity index (χ4n) is 3.08. The Bertz CT molecular complexity index is 473. The van der Waals surface area contributed by atoms with Crippen LogP contribution in [0, 0.1) is 11.8 Å². The van der Waals surface area contributed by atoms with Crippen LogP contribution >= 0.6 is 81.2 Å². The third-order valence-corrected chi connectivity index (χ3v) is 8.61. The van der Waals surface area contributed by atoms with Gasteiger partial charge in [0.1, 0.15) is 9.75 Å². The summed E-state index contributed by atoms with van der Waals surface area (Å²) in [5.74, 6) is -0.470. The van der Waals surface area contributed by atoms with Gasteiger partial charge in [-0.25, -0.2) is 0 Å². The lowest BCUT2D eigenvalue weighted by Crippen LogP contribution is -2.45. The van der Waals surface area contributed by atoms with Crippen molar-refractivity contribution >= 4 is 81.2 Å². The van der Waals surface area contributed by atoms with Gasteiger partial charge in [0.25, 0.3) is 0 Å². The van der Waals surface area contributed by atoms with E-state index in [1.807, 2.05) is 12.2 Å². The predicted molar refractivity (Wildman–Crippen MR) is 79.7 cm³/mol. The lowest BCUT2D eigenvalue weighted by Gasteiger charge is -2.34. The van der Waals surface area contributed by atoms with E-state index in [-0.39, 0.29) is 32.8 Å². The number of halogens is 7. The maximum Gasteiger partial charge on any atom is 0.167 e. The first-order valence-corrected chi connectivity index (χ1v) is 7.55. The van der Waals surface area contributed by atoms with E-state index in [2.05, 4.69) is 0 Å². The smallest absolute Gasteiger partial charge is 0.167 e. The average molecular weight is 391 g/mol. The zero-order chi connectivity index (χ0) is 12.8. The molecular weight excluding hydrogens is 384 g/mol. The van der Waals surface area contributed by atoms with Crippen LogP contribution in [0.3, 0.4) is 0 Å². The van der Waals surface area contributed by atoms with Crippen molar-refractivity contribution < 1.29 is 5.48 Å². The van der Waals surface area contributed by atoms with Gasteiger partial charge in [-0.05, 0) is 0 Å². The number of hydrogen-bond acceptors (Lipinski definition) is 0. The van der Waals surface area contributed by atoms with Gasteiger partial charge in [0, 0.05) is 11.8 Å². The first-order chi connectivity index (χ1) is 7.70. The Balaban J connectivity index is 0.00000120. The summed E-state index contributed by atoms with van der Waals surface area (Å²) in [4.78, 5) is -2.45. The van der Waals surface area contributed by atoms with Crippen molar-refractivity contribution in [2.24, 2.45) is 11.8 Å². The summed E-state index contributed by atoms with van der Waals surface area (Å²) in [6.07, 6.45) is 3.69. The van der Waals surface area contributed by atoms with E-state index in [4.69, 9.17) is 81.2 Å². The van der Waals surface area contributed by atoms with Crippen LogP contribution in [0.5, 0.6) is 0 Å². The van der Waals surface area contributed by atoms with Gasteiger partial charge in [0.05, 0.1) is 15.4 Å². The van der Waals surface area contributed by atoms with Gasteiger partial charge < -0.3 is 5.48 Å². The Morgan fingerprint density at radius 2 is 1.39 bits per heavy atom. The van der Waals surface area contributed by atoms with Crippen molar-refractivity contribution in [2.75, 3.05) is 0 Å². The summed E-state index contributed by atoms with van der Waals surface area (Å²) in [7, 11) is 0. The van der Waals surface area contributed by atoms with Gasteiger partial charge in [-0.1, -0.05) is 58.6 Å². The molecule has 2 N–H and O–H groups in total. The fraction of sp³-hybridized carbons (Fsp3) is 0.600. The molecule has 5 unspecified atom stereocenters. The molecule has 0 amide bonds. The Kier molecular flexibility index (Phi) is 3.73. The molecule has 0 aliphatic heterocycles. The summed E-state index contributed by atoms with van der Waals surface area (Å²) in [5.41, 5.74) is 0. The second-order valence-corrected chi connectivity index (χ2v) is 8.29. The molecule has 0 radical (unpaired) electrons. The molecule has 0 aromatic carbocycles. The third-order valence-electron chi connectivity index (χ3n) is 3.90. The zero-order valence-electron chi connectivity index (χ0n) is 8.53. The van der Waals surface area contributed by atoms with Crippen LogP contribution in [0.4, 0.5) is 0 Å². The first-order valence-electron chi connectivity index (χ1n) is 4.85. The largest absolute Gasteiger partial charge is 0.412 e. The highest BCUT2D eigenvalue weighted by Crippen LogP contribution is 2.78. The molecule has 1 nitrogen and oxygen atoms in total. The molecule has 0 aromatic heterocycles. The number of rotatable bonds is 0. The highest BCUT2D eigenvalue weighted by Gasteiger charge is 2.83. The van der Waals surface area contributed by atoms with Crippen LogP contribution in [0.15, 0.2) is 22.2 Å².